The van der Waals surface area contributed by atoms with Gasteiger partial charge < -0.3 is 0 Å². The van der Waals surface area contributed by atoms with E-state index in [1.165, 1.54) is 0 Å². The van der Waals surface area contributed by atoms with Crippen molar-refractivity contribution in [3.8, 4) is 0 Å². The van der Waals surface area contributed by atoms with Gasteiger partial charge in [-0.3, -0.25) is 0 Å². The summed E-state index contributed by atoms with van der Waals surface area (Å²) in [6, 6.07) is 0. The number of rotatable bonds is 0. The fourth-order valence-corrected chi connectivity index (χ4v) is 0. The molecule has 0 heterocycles. The quantitative estimate of drug-likeness (QED) is 0.549. The van der Waals surface area contributed by atoms with Crippen LogP contribution in [0.3, 0.4) is 0 Å². The summed E-state index contributed by atoms with van der Waals surface area (Å²) in [5, 5.41) is 0. The van der Waals surface area contributed by atoms with E-state index in [-0.39, 0.29) is 35.7 Å². The molecule has 0 rings (SSSR count). The Morgan fingerprint density at radius 2 is 1.20 bits per heavy atom. The summed E-state index contributed by atoms with van der Waals surface area (Å²) >= 11 is 1.75. The molecular weight excluding hydrogens is 274 g/mol. The van der Waals surface area contributed by atoms with E-state index in [2.05, 4.69) is 0 Å². The van der Waals surface area contributed by atoms with Gasteiger partial charge in [0.1, 0.15) is 0 Å². The summed E-state index contributed by atoms with van der Waals surface area (Å²) in [4.78, 5) is 0. The molecule has 0 spiro atoms. The Morgan fingerprint density at radius 1 is 1.20 bits per heavy atom. The molecule has 29 valence electrons. The van der Waals surface area contributed by atoms with Crippen LogP contribution in [0.25, 0.3) is 0 Å². The van der Waals surface area contributed by atoms with Crippen molar-refractivity contribution in [3.63, 3.8) is 0 Å². The molecule has 0 saturated carbocycles. The molecule has 0 saturated heterocycles. The average molecular weight is 282 g/mol. The van der Waals surface area contributed by atoms with E-state index in [1.54, 1.807) is 11.8 Å². The second-order valence-electron chi connectivity index (χ2n) is 0.408. The predicted octanol–water partition coefficient (Wildman–Crippen LogP) is -0.318. The van der Waals surface area contributed by atoms with Crippen LogP contribution in [0.4, 0.5) is 0 Å². The summed E-state index contributed by atoms with van der Waals surface area (Å²) < 4.78 is 0. The van der Waals surface area contributed by atoms with Gasteiger partial charge in [-0.2, -0.15) is 11.8 Å². The molecule has 0 aliphatic heterocycles. The van der Waals surface area contributed by atoms with Crippen LogP contribution in [-0.4, -0.2) is 48.2 Å². The van der Waals surface area contributed by atoms with E-state index in [1.807, 2.05) is 12.5 Å². The Kier molecular flexibility index (Phi) is 59.6. The van der Waals surface area contributed by atoms with Crippen molar-refractivity contribution in [3.05, 3.63) is 0 Å². The van der Waals surface area contributed by atoms with E-state index in [0.717, 1.165) is 0 Å². The summed E-state index contributed by atoms with van der Waals surface area (Å²) in [5.41, 5.74) is 0. The summed E-state index contributed by atoms with van der Waals surface area (Å²) in [6.45, 7) is 0. The molecule has 0 N–H and O–H groups in total. The van der Waals surface area contributed by atoms with Crippen LogP contribution in [0.15, 0.2) is 0 Å². The van der Waals surface area contributed by atoms with Gasteiger partial charge in [-0.25, -0.2) is 0 Å². The first-order chi connectivity index (χ1) is 1.41. The molecule has 0 amide bonds. The molecule has 5 radical (unpaired) electrons. The van der Waals surface area contributed by atoms with Crippen LogP contribution in [0.1, 0.15) is 0 Å². The first-order valence-electron chi connectivity index (χ1n) is 0.816. The van der Waals surface area contributed by atoms with Gasteiger partial charge in [0.05, 0.1) is 0 Å². The van der Waals surface area contributed by atoms with Gasteiger partial charge in [-0.05, 0) is 12.5 Å². The second-order valence-corrected chi connectivity index (χ2v) is 1.22. The summed E-state index contributed by atoms with van der Waals surface area (Å²) in [6.07, 6.45) is 4.08. The number of thioether (sulfide) groups is 1. The standard InChI is InChI=1S/C2H6S.B.Pb.2H/c1-3-2;;;;/h1-2H3;;;;. The van der Waals surface area contributed by atoms with Crippen LogP contribution in [0, 0.1) is 0 Å². The monoisotopic (exact) mass is 283 g/mol. The minimum atomic E-state index is 0. The Hall–Kier alpha value is 1.34. The molecule has 0 nitrogen and oxygen atoms in total. The maximum absolute atomic E-state index is 2.04. The summed E-state index contributed by atoms with van der Waals surface area (Å²) in [7, 11) is 0. The van der Waals surface area contributed by atoms with Crippen molar-refractivity contribution < 1.29 is 0 Å². The van der Waals surface area contributed by atoms with Crippen molar-refractivity contribution in [1.82, 2.24) is 0 Å². The maximum atomic E-state index is 2.04. The predicted molar refractivity (Wildman–Crippen MR) is 33.7 cm³/mol. The molecule has 0 bridgehead atoms. The first-order valence-corrected chi connectivity index (χ1v) is 2.45. The molecule has 0 unspecified atom stereocenters. The van der Waals surface area contributed by atoms with Crippen molar-refractivity contribution in [2.75, 3.05) is 12.5 Å². The molecule has 0 aliphatic rings. The van der Waals surface area contributed by atoms with Crippen LogP contribution >= 0.6 is 11.8 Å². The van der Waals surface area contributed by atoms with Gasteiger partial charge in [0.25, 0.3) is 0 Å². The molecule has 0 aromatic carbocycles. The molecule has 0 aliphatic carbocycles. The van der Waals surface area contributed by atoms with Gasteiger partial charge in [0.15, 0.2) is 0 Å². The van der Waals surface area contributed by atoms with Gasteiger partial charge in [-0.1, -0.05) is 0 Å². The second kappa shape index (κ2) is 18.4. The molecule has 5 heavy (non-hydrogen) atoms. The SMILES string of the molecule is CSC.[B].[PbH2]. The van der Waals surface area contributed by atoms with Crippen LogP contribution in [0.2, 0.25) is 0 Å². The van der Waals surface area contributed by atoms with E-state index in [0.29, 0.717) is 0 Å². The van der Waals surface area contributed by atoms with Crippen LogP contribution in [-0.2, 0) is 0 Å². The number of hydrogen-bond donors (Lipinski definition) is 0. The fraction of sp³-hybridized carbons (Fsp3) is 1.00. The van der Waals surface area contributed by atoms with E-state index >= 15 is 0 Å². The third kappa shape index (κ3) is 33.2. The molecule has 0 fully saturated rings. The van der Waals surface area contributed by atoms with Crippen molar-refractivity contribution >= 4 is 47.5 Å². The third-order valence-corrected chi connectivity index (χ3v) is 0. The first kappa shape index (κ1) is 16.2. The molecule has 0 aromatic rings. The van der Waals surface area contributed by atoms with Crippen molar-refractivity contribution in [2.24, 2.45) is 0 Å². The van der Waals surface area contributed by atoms with Gasteiger partial charge in [-0.15, -0.1) is 0 Å². The van der Waals surface area contributed by atoms with E-state index in [4.69, 9.17) is 0 Å². The summed E-state index contributed by atoms with van der Waals surface area (Å²) in [5.74, 6) is 0. The molecule has 0 atom stereocenters. The fourth-order valence-electron chi connectivity index (χ4n) is 0. The molecule has 0 aromatic heterocycles. The average Bonchev–Trinajstić information content (AvgIpc) is 0.918. The van der Waals surface area contributed by atoms with Crippen molar-refractivity contribution in [1.29, 1.82) is 0 Å². The zero-order valence-corrected chi connectivity index (χ0v) is 10.0. The minimum absolute atomic E-state index is 0. The Morgan fingerprint density at radius 3 is 1.20 bits per heavy atom. The van der Waals surface area contributed by atoms with E-state index in [9.17, 15) is 0 Å². The van der Waals surface area contributed by atoms with Crippen molar-refractivity contribution in [2.45, 2.75) is 0 Å². The zero-order chi connectivity index (χ0) is 2.71. The molecular formula is C2H8BPbS. The number of hydrogen-bond acceptors (Lipinski definition) is 1. The van der Waals surface area contributed by atoms with E-state index < -0.39 is 0 Å². The normalized spacial score (nSPS) is 3.60. The topological polar surface area (TPSA) is 0 Å². The van der Waals surface area contributed by atoms with Crippen LogP contribution < -0.4 is 0 Å². The van der Waals surface area contributed by atoms with Gasteiger partial charge >= 0.3 is 27.3 Å². The van der Waals surface area contributed by atoms with Gasteiger partial charge in [0, 0.05) is 8.41 Å². The molecule has 3 heteroatoms. The Balaban J connectivity index is -0.0000000200. The third-order valence-electron chi connectivity index (χ3n) is 0. The Bertz CT molecular complexity index is 9.61. The zero-order valence-electron chi connectivity index (χ0n) is 3.69. The van der Waals surface area contributed by atoms with Gasteiger partial charge in [0.2, 0.25) is 0 Å². The Labute approximate surface area is 59.8 Å². The van der Waals surface area contributed by atoms with Crippen LogP contribution in [0.5, 0.6) is 0 Å².